The lowest BCUT2D eigenvalue weighted by atomic mass is 9.96. The summed E-state index contributed by atoms with van der Waals surface area (Å²) in [5.74, 6) is -7.21. The van der Waals surface area contributed by atoms with Gasteiger partial charge in [-0.2, -0.15) is 13.2 Å². The summed E-state index contributed by atoms with van der Waals surface area (Å²) in [5.41, 5.74) is 10.5. The van der Waals surface area contributed by atoms with Gasteiger partial charge in [-0.3, -0.25) is 14.4 Å². The van der Waals surface area contributed by atoms with Crippen LogP contribution in [0.3, 0.4) is 0 Å². The summed E-state index contributed by atoms with van der Waals surface area (Å²) in [6, 6.07) is 0.0251. The molecule has 0 saturated carbocycles. The van der Waals surface area contributed by atoms with Crippen LogP contribution in [0.25, 0.3) is 0 Å². The number of nitrogens with two attached hydrogens (primary N) is 2. The van der Waals surface area contributed by atoms with Crippen molar-refractivity contribution in [2.24, 2.45) is 17.4 Å². The van der Waals surface area contributed by atoms with Crippen LogP contribution >= 0.6 is 12.4 Å². The van der Waals surface area contributed by atoms with Gasteiger partial charge in [0.25, 0.3) is 5.91 Å². The Balaban J connectivity index is 0.00000441. The number of hydrogen-bond acceptors (Lipinski definition) is 5. The van der Waals surface area contributed by atoms with Gasteiger partial charge in [0, 0.05) is 50.6 Å². The Morgan fingerprint density at radius 2 is 1.60 bits per heavy atom. The largest absolute Gasteiger partial charge is 0.449 e. The monoisotopic (exact) mass is 596 g/mol. The SMILES string of the molecule is Cl.NC(=O)C1CCN(C(=O)c2nc(C(F)(F)F)n3c2CN(C(=O)C[C@H](N)Cc2cc(F)c(F)cc2F)CC3)CC1. The molecule has 0 aliphatic carbocycles. The van der Waals surface area contributed by atoms with Crippen LogP contribution in [0, 0.1) is 23.4 Å². The topological polar surface area (TPSA) is 128 Å². The van der Waals surface area contributed by atoms with Gasteiger partial charge in [-0.25, -0.2) is 18.2 Å². The summed E-state index contributed by atoms with van der Waals surface area (Å²) in [6.45, 7) is -0.550. The van der Waals surface area contributed by atoms with E-state index in [0.29, 0.717) is 12.1 Å². The second kappa shape index (κ2) is 12.0. The van der Waals surface area contributed by atoms with Crippen LogP contribution in [0.1, 0.15) is 46.8 Å². The van der Waals surface area contributed by atoms with E-state index >= 15 is 0 Å². The molecule has 16 heteroatoms. The lowest BCUT2D eigenvalue weighted by Gasteiger charge is -2.32. The Labute approximate surface area is 230 Å². The Bertz CT molecular complexity index is 1290. The standard InChI is InChI=1S/C24H26F6N6O3.ClH/c25-15-10-17(27)16(26)8-13(15)7-14(31)9-19(37)35-5-6-36-18(11-35)20(33-23(36)24(28,29)30)22(39)34-3-1-12(2-4-34)21(32)38;/h8,10,12,14H,1-7,9,11,31H2,(H2,32,38);1H/t14-;/m1./s1. The molecule has 1 atom stereocenters. The molecule has 1 saturated heterocycles. The fraction of sp³-hybridized carbons (Fsp3) is 0.500. The van der Waals surface area contributed by atoms with Crippen molar-refractivity contribution in [3.8, 4) is 0 Å². The molecule has 0 bridgehead atoms. The highest BCUT2D eigenvalue weighted by Crippen LogP contribution is 2.33. The lowest BCUT2D eigenvalue weighted by Crippen LogP contribution is -2.44. The Kier molecular flexibility index (Phi) is 9.39. The molecule has 1 aromatic heterocycles. The number of imidazole rings is 1. The predicted octanol–water partition coefficient (Wildman–Crippen LogP) is 2.38. The zero-order valence-electron chi connectivity index (χ0n) is 21.0. The summed E-state index contributed by atoms with van der Waals surface area (Å²) >= 11 is 0. The third-order valence-electron chi connectivity index (χ3n) is 7.01. The number of halogens is 7. The van der Waals surface area contributed by atoms with Gasteiger partial charge < -0.3 is 25.8 Å². The lowest BCUT2D eigenvalue weighted by molar-refractivity contribution is -0.148. The number of alkyl halides is 3. The summed E-state index contributed by atoms with van der Waals surface area (Å²) in [6.07, 6.45) is -4.96. The maximum atomic E-state index is 14.0. The third kappa shape index (κ3) is 6.52. The first-order valence-corrected chi connectivity index (χ1v) is 12.2. The number of rotatable bonds is 6. The van der Waals surface area contributed by atoms with Gasteiger partial charge in [0.05, 0.1) is 12.2 Å². The molecular formula is C24H27ClF6N6O3. The van der Waals surface area contributed by atoms with Crippen LogP contribution in [-0.4, -0.2) is 62.7 Å². The number of carbonyl (C=O) groups is 3. The van der Waals surface area contributed by atoms with Crippen LogP contribution in [0.2, 0.25) is 0 Å². The van der Waals surface area contributed by atoms with E-state index in [9.17, 15) is 40.7 Å². The van der Waals surface area contributed by atoms with E-state index in [1.165, 1.54) is 9.80 Å². The maximum absolute atomic E-state index is 14.0. The van der Waals surface area contributed by atoms with Gasteiger partial charge >= 0.3 is 6.18 Å². The van der Waals surface area contributed by atoms with E-state index in [4.69, 9.17) is 11.5 Å². The quantitative estimate of drug-likeness (QED) is 0.391. The minimum atomic E-state index is -4.85. The van der Waals surface area contributed by atoms with E-state index in [1.807, 2.05) is 0 Å². The molecule has 4 rings (SSSR count). The van der Waals surface area contributed by atoms with E-state index in [1.54, 1.807) is 0 Å². The van der Waals surface area contributed by atoms with Crippen LogP contribution in [0.4, 0.5) is 26.3 Å². The van der Waals surface area contributed by atoms with Crippen LogP contribution in [0.5, 0.6) is 0 Å². The van der Waals surface area contributed by atoms with Crippen molar-refractivity contribution in [3.63, 3.8) is 0 Å². The first kappa shape index (κ1) is 31.2. The number of hydrogen-bond donors (Lipinski definition) is 2. The minimum Gasteiger partial charge on any atom is -0.369 e. The number of amides is 3. The van der Waals surface area contributed by atoms with Crippen molar-refractivity contribution in [3.05, 3.63) is 52.4 Å². The maximum Gasteiger partial charge on any atom is 0.449 e. The Hall–Kier alpha value is -3.33. The molecule has 40 heavy (non-hydrogen) atoms. The molecule has 2 aromatic rings. The molecule has 2 aliphatic rings. The number of likely N-dealkylation sites (tertiary alicyclic amines) is 1. The highest BCUT2D eigenvalue weighted by Gasteiger charge is 2.42. The summed E-state index contributed by atoms with van der Waals surface area (Å²) in [7, 11) is 0. The molecule has 9 nitrogen and oxygen atoms in total. The third-order valence-corrected chi connectivity index (χ3v) is 7.01. The van der Waals surface area contributed by atoms with Crippen molar-refractivity contribution in [2.75, 3.05) is 19.6 Å². The molecule has 3 heterocycles. The van der Waals surface area contributed by atoms with Crippen LogP contribution in [-0.2, 0) is 35.3 Å². The first-order chi connectivity index (χ1) is 18.3. The van der Waals surface area contributed by atoms with E-state index in [0.717, 1.165) is 4.57 Å². The molecule has 220 valence electrons. The highest BCUT2D eigenvalue weighted by molar-refractivity contribution is 5.94. The number of aromatic nitrogens is 2. The van der Waals surface area contributed by atoms with Crippen LogP contribution < -0.4 is 11.5 Å². The Morgan fingerprint density at radius 3 is 2.20 bits per heavy atom. The Morgan fingerprint density at radius 1 is 0.975 bits per heavy atom. The molecular weight excluding hydrogens is 570 g/mol. The normalized spacial score (nSPS) is 16.8. The van der Waals surface area contributed by atoms with Gasteiger partial charge in [-0.1, -0.05) is 0 Å². The zero-order valence-corrected chi connectivity index (χ0v) is 21.8. The van der Waals surface area contributed by atoms with Crippen molar-refractivity contribution in [2.45, 2.75) is 51.0 Å². The molecule has 0 unspecified atom stereocenters. The van der Waals surface area contributed by atoms with Crippen molar-refractivity contribution >= 4 is 30.1 Å². The number of benzene rings is 1. The fourth-order valence-corrected chi connectivity index (χ4v) is 4.91. The number of carbonyl (C=O) groups excluding carboxylic acids is 3. The van der Waals surface area contributed by atoms with Gasteiger partial charge in [-0.15, -0.1) is 12.4 Å². The summed E-state index contributed by atoms with van der Waals surface area (Å²) < 4.78 is 82.6. The van der Waals surface area contributed by atoms with Gasteiger partial charge in [-0.05, 0) is 30.9 Å². The van der Waals surface area contributed by atoms with E-state index < -0.39 is 64.8 Å². The fourth-order valence-electron chi connectivity index (χ4n) is 4.91. The molecule has 4 N–H and O–H groups in total. The smallest absolute Gasteiger partial charge is 0.369 e. The number of nitrogens with zero attached hydrogens (tertiary/aromatic N) is 4. The second-order valence-electron chi connectivity index (χ2n) is 9.69. The second-order valence-corrected chi connectivity index (χ2v) is 9.69. The predicted molar refractivity (Wildman–Crippen MR) is 130 cm³/mol. The average Bonchev–Trinajstić information content (AvgIpc) is 3.26. The molecule has 0 spiro atoms. The summed E-state index contributed by atoms with van der Waals surface area (Å²) in [4.78, 5) is 43.6. The number of fused-ring (bicyclic) bond motifs is 1. The summed E-state index contributed by atoms with van der Waals surface area (Å²) in [5, 5.41) is 0. The molecule has 1 aromatic carbocycles. The molecule has 3 amide bonds. The highest BCUT2D eigenvalue weighted by atomic mass is 35.5. The minimum absolute atomic E-state index is 0. The van der Waals surface area contributed by atoms with Gasteiger partial charge in [0.2, 0.25) is 17.6 Å². The first-order valence-electron chi connectivity index (χ1n) is 12.2. The van der Waals surface area contributed by atoms with Crippen molar-refractivity contribution in [1.82, 2.24) is 19.4 Å². The molecule has 0 radical (unpaired) electrons. The number of piperidine rings is 1. The molecule has 1 fully saturated rings. The van der Waals surface area contributed by atoms with Crippen molar-refractivity contribution < 1.29 is 40.7 Å². The number of primary amides is 1. The van der Waals surface area contributed by atoms with E-state index in [-0.39, 0.29) is 82.1 Å². The average molecular weight is 597 g/mol. The zero-order chi connectivity index (χ0) is 28.6. The van der Waals surface area contributed by atoms with Crippen LogP contribution in [0.15, 0.2) is 12.1 Å². The molecule has 2 aliphatic heterocycles. The van der Waals surface area contributed by atoms with Gasteiger partial charge in [0.15, 0.2) is 17.3 Å². The van der Waals surface area contributed by atoms with Gasteiger partial charge in [0.1, 0.15) is 5.82 Å². The van der Waals surface area contributed by atoms with E-state index in [2.05, 4.69) is 4.98 Å². The van der Waals surface area contributed by atoms with Crippen molar-refractivity contribution in [1.29, 1.82) is 0 Å².